The third-order valence-corrected chi connectivity index (χ3v) is 3.58. The van der Waals surface area contributed by atoms with Gasteiger partial charge in [0.25, 0.3) is 0 Å². The molecule has 0 aliphatic heterocycles. The summed E-state index contributed by atoms with van der Waals surface area (Å²) in [6.45, 7) is 1.68. The molecule has 0 spiro atoms. The molecule has 0 saturated carbocycles. The van der Waals surface area contributed by atoms with E-state index >= 15 is 0 Å². The van der Waals surface area contributed by atoms with Crippen LogP contribution in [0.3, 0.4) is 0 Å². The van der Waals surface area contributed by atoms with E-state index in [0.29, 0.717) is 16.9 Å². The van der Waals surface area contributed by atoms with Crippen molar-refractivity contribution in [2.45, 2.75) is 6.92 Å². The Morgan fingerprint density at radius 1 is 1.04 bits per heavy atom. The molecule has 2 aromatic carbocycles. The number of non-ortho nitro benzene ring substituents is 1. The first-order chi connectivity index (χ1) is 11.9. The molecule has 0 aliphatic carbocycles. The van der Waals surface area contributed by atoms with Gasteiger partial charge in [-0.05, 0) is 28.9 Å². The standard InChI is InChI=1S/C14H11N5O6/c1-7-5-11(19(22)23)12(24-2)6-9(7)15-8-3-4-10(18(20)21)14-13(8)16-25-17-14/h3-6,15H,1-2H3. The molecule has 0 bridgehead atoms. The lowest BCUT2D eigenvalue weighted by atomic mass is 10.1. The molecule has 1 heterocycles. The number of ether oxygens (including phenoxy) is 1. The largest absolute Gasteiger partial charge is 0.490 e. The minimum absolute atomic E-state index is 0.00142. The molecule has 128 valence electrons. The average Bonchev–Trinajstić information content (AvgIpc) is 3.05. The number of hydrogen-bond acceptors (Lipinski definition) is 9. The van der Waals surface area contributed by atoms with Gasteiger partial charge in [0.2, 0.25) is 5.52 Å². The van der Waals surface area contributed by atoms with Crippen molar-refractivity contribution in [3.63, 3.8) is 0 Å². The van der Waals surface area contributed by atoms with Crippen LogP contribution in [0.4, 0.5) is 22.7 Å². The smallest absolute Gasteiger partial charge is 0.311 e. The van der Waals surface area contributed by atoms with Crippen molar-refractivity contribution in [1.82, 2.24) is 10.3 Å². The third-order valence-electron chi connectivity index (χ3n) is 3.58. The second-order valence-electron chi connectivity index (χ2n) is 5.07. The molecule has 1 N–H and O–H groups in total. The number of methoxy groups -OCH3 is 1. The van der Waals surface area contributed by atoms with Crippen molar-refractivity contribution in [2.24, 2.45) is 0 Å². The average molecular weight is 345 g/mol. The number of nitrogens with zero attached hydrogens (tertiary/aromatic N) is 4. The number of aryl methyl sites for hydroxylation is 1. The lowest BCUT2D eigenvalue weighted by Gasteiger charge is -2.11. The number of hydrogen-bond donors (Lipinski definition) is 1. The van der Waals surface area contributed by atoms with Crippen LogP contribution in [0.25, 0.3) is 11.0 Å². The maximum Gasteiger partial charge on any atom is 0.311 e. The summed E-state index contributed by atoms with van der Waals surface area (Å²) in [6.07, 6.45) is 0. The van der Waals surface area contributed by atoms with Crippen LogP contribution in [0.1, 0.15) is 5.56 Å². The Bertz CT molecular complexity index is 999. The molecule has 0 radical (unpaired) electrons. The maximum atomic E-state index is 11.1. The van der Waals surface area contributed by atoms with E-state index in [4.69, 9.17) is 4.74 Å². The number of aromatic nitrogens is 2. The fourth-order valence-electron chi connectivity index (χ4n) is 2.36. The van der Waals surface area contributed by atoms with Crippen LogP contribution in [-0.2, 0) is 0 Å². The van der Waals surface area contributed by atoms with Crippen LogP contribution < -0.4 is 10.1 Å². The Hall–Kier alpha value is -3.76. The van der Waals surface area contributed by atoms with Gasteiger partial charge in [0, 0.05) is 23.9 Å². The molecular formula is C14H11N5O6. The number of fused-ring (bicyclic) bond motifs is 1. The molecule has 0 fully saturated rings. The zero-order valence-corrected chi connectivity index (χ0v) is 13.0. The van der Waals surface area contributed by atoms with Gasteiger partial charge in [-0.3, -0.25) is 20.2 Å². The molecule has 3 rings (SSSR count). The first-order valence-electron chi connectivity index (χ1n) is 6.92. The van der Waals surface area contributed by atoms with Gasteiger partial charge in [0.15, 0.2) is 11.3 Å². The summed E-state index contributed by atoms with van der Waals surface area (Å²) in [4.78, 5) is 20.9. The fourth-order valence-corrected chi connectivity index (χ4v) is 2.36. The number of nitrogens with one attached hydrogen (secondary N) is 1. The SMILES string of the molecule is COc1cc(Nc2ccc([N+](=O)[O-])c3nonc23)c(C)cc1[N+](=O)[O-]. The summed E-state index contributed by atoms with van der Waals surface area (Å²) >= 11 is 0. The zero-order chi connectivity index (χ0) is 18.1. The number of rotatable bonds is 5. The van der Waals surface area contributed by atoms with Crippen molar-refractivity contribution < 1.29 is 19.2 Å². The first-order valence-corrected chi connectivity index (χ1v) is 6.92. The molecule has 0 amide bonds. The van der Waals surface area contributed by atoms with Gasteiger partial charge in [0.05, 0.1) is 22.6 Å². The van der Waals surface area contributed by atoms with Gasteiger partial charge < -0.3 is 10.1 Å². The highest BCUT2D eigenvalue weighted by Gasteiger charge is 2.21. The predicted octanol–water partition coefficient (Wildman–Crippen LogP) is 3.10. The number of nitro groups is 2. The van der Waals surface area contributed by atoms with Crippen LogP contribution >= 0.6 is 0 Å². The summed E-state index contributed by atoms with van der Waals surface area (Å²) in [5.74, 6) is 0.0783. The van der Waals surface area contributed by atoms with Crippen molar-refractivity contribution in [3.05, 3.63) is 50.1 Å². The van der Waals surface area contributed by atoms with Crippen molar-refractivity contribution in [1.29, 1.82) is 0 Å². The Morgan fingerprint density at radius 3 is 2.36 bits per heavy atom. The summed E-state index contributed by atoms with van der Waals surface area (Å²) < 4.78 is 9.65. The van der Waals surface area contributed by atoms with Crippen molar-refractivity contribution >= 4 is 33.8 Å². The molecule has 25 heavy (non-hydrogen) atoms. The number of nitro benzene ring substituents is 2. The number of anilines is 2. The second kappa shape index (κ2) is 6.03. The lowest BCUT2D eigenvalue weighted by molar-refractivity contribution is -0.385. The quantitative estimate of drug-likeness (QED) is 0.544. The van der Waals surface area contributed by atoms with Gasteiger partial charge >= 0.3 is 11.4 Å². The second-order valence-corrected chi connectivity index (χ2v) is 5.07. The Kier molecular flexibility index (Phi) is 3.89. The van der Waals surface area contributed by atoms with Crippen LogP contribution in [0.2, 0.25) is 0 Å². The van der Waals surface area contributed by atoms with E-state index in [-0.39, 0.29) is 28.2 Å². The van der Waals surface area contributed by atoms with Gasteiger partial charge in [0.1, 0.15) is 0 Å². The van der Waals surface area contributed by atoms with Crippen molar-refractivity contribution in [3.8, 4) is 5.75 Å². The van der Waals surface area contributed by atoms with E-state index in [1.165, 1.54) is 31.4 Å². The minimum atomic E-state index is -0.587. The number of benzene rings is 2. The highest BCUT2D eigenvalue weighted by Crippen LogP contribution is 2.36. The molecular weight excluding hydrogens is 334 g/mol. The Morgan fingerprint density at radius 2 is 1.72 bits per heavy atom. The maximum absolute atomic E-state index is 11.1. The summed E-state index contributed by atoms with van der Waals surface area (Å²) in [6, 6.07) is 5.56. The predicted molar refractivity (Wildman–Crippen MR) is 86.1 cm³/mol. The topological polar surface area (TPSA) is 146 Å². The highest BCUT2D eigenvalue weighted by atomic mass is 16.6. The molecule has 0 atom stereocenters. The molecule has 0 saturated heterocycles. The van der Waals surface area contributed by atoms with Crippen LogP contribution in [0.15, 0.2) is 28.9 Å². The van der Waals surface area contributed by atoms with E-state index in [1.54, 1.807) is 6.92 Å². The Labute approximate surface area is 139 Å². The van der Waals surface area contributed by atoms with E-state index in [9.17, 15) is 20.2 Å². The highest BCUT2D eigenvalue weighted by molar-refractivity contribution is 5.95. The van der Waals surface area contributed by atoms with Gasteiger partial charge in [-0.25, -0.2) is 4.63 Å². The van der Waals surface area contributed by atoms with E-state index in [1.807, 2.05) is 0 Å². The molecule has 11 nitrogen and oxygen atoms in total. The summed E-state index contributed by atoms with van der Waals surface area (Å²) in [5, 5.41) is 32.3. The van der Waals surface area contributed by atoms with E-state index < -0.39 is 9.85 Å². The molecule has 3 aromatic rings. The van der Waals surface area contributed by atoms with Crippen molar-refractivity contribution in [2.75, 3.05) is 12.4 Å². The lowest BCUT2D eigenvalue weighted by Crippen LogP contribution is -2.00. The van der Waals surface area contributed by atoms with Crippen LogP contribution in [-0.4, -0.2) is 27.3 Å². The molecule has 0 unspecified atom stereocenters. The van der Waals surface area contributed by atoms with Crippen LogP contribution in [0, 0.1) is 27.2 Å². The summed E-state index contributed by atoms with van der Waals surface area (Å²) in [7, 11) is 1.33. The van der Waals surface area contributed by atoms with E-state index in [2.05, 4.69) is 20.3 Å². The molecule has 1 aromatic heterocycles. The fraction of sp³-hybridized carbons (Fsp3) is 0.143. The monoisotopic (exact) mass is 345 g/mol. The molecule has 11 heteroatoms. The van der Waals surface area contributed by atoms with Gasteiger partial charge in [-0.1, -0.05) is 0 Å². The minimum Gasteiger partial charge on any atom is -0.490 e. The van der Waals surface area contributed by atoms with Crippen LogP contribution in [0.5, 0.6) is 5.75 Å². The third kappa shape index (κ3) is 2.78. The van der Waals surface area contributed by atoms with Gasteiger partial charge in [-0.2, -0.15) is 0 Å². The normalized spacial score (nSPS) is 10.6. The summed E-state index contributed by atoms with van der Waals surface area (Å²) in [5.41, 5.74) is 1.27. The Balaban J connectivity index is 2.08. The zero-order valence-electron chi connectivity index (χ0n) is 13.0. The van der Waals surface area contributed by atoms with E-state index in [0.717, 1.165) is 0 Å². The first kappa shape index (κ1) is 16.1. The van der Waals surface area contributed by atoms with Gasteiger partial charge in [-0.15, -0.1) is 0 Å². The molecule has 0 aliphatic rings.